The van der Waals surface area contributed by atoms with Crippen LogP contribution in [0.1, 0.15) is 51.9 Å². The monoisotopic (exact) mass is 257 g/mol. The van der Waals surface area contributed by atoms with E-state index in [4.69, 9.17) is 0 Å². The van der Waals surface area contributed by atoms with Crippen LogP contribution in [-0.2, 0) is 0 Å². The van der Waals surface area contributed by atoms with E-state index in [1.54, 1.807) is 4.90 Å². The second kappa shape index (κ2) is 6.85. The fourth-order valence-corrected chi connectivity index (χ4v) is 3.85. The lowest BCUT2D eigenvalue weighted by atomic mass is 9.83. The van der Waals surface area contributed by atoms with Crippen molar-refractivity contribution in [2.45, 2.75) is 57.9 Å². The topological polar surface area (TPSA) is 52.2 Å². The van der Waals surface area contributed by atoms with Gasteiger partial charge in [-0.25, -0.2) is 10.4 Å². The minimum atomic E-state index is -0.553. The normalized spacial score (nSPS) is 39.5. The number of likely N-dealkylation sites (tertiary alicyclic amines) is 1. The van der Waals surface area contributed by atoms with Gasteiger partial charge in [-0.2, -0.15) is 0 Å². The number of hydrogen-bond acceptors (Lipinski definition) is 2. The van der Waals surface area contributed by atoms with E-state index >= 15 is 0 Å². The Morgan fingerprint density at radius 3 is 2.44 bits per heavy atom. The molecule has 3 unspecified atom stereocenters. The van der Waals surface area contributed by atoms with Crippen LogP contribution < -0.4 is 10.1 Å². The van der Waals surface area contributed by atoms with Gasteiger partial charge in [-0.05, 0) is 31.6 Å². The van der Waals surface area contributed by atoms with Crippen LogP contribution in [0.4, 0.5) is 0 Å². The van der Waals surface area contributed by atoms with Crippen molar-refractivity contribution in [3.05, 3.63) is 5.21 Å². The summed E-state index contributed by atoms with van der Waals surface area (Å²) < 4.78 is 0. The van der Waals surface area contributed by atoms with Crippen LogP contribution in [0.15, 0.2) is 0 Å². The Bertz CT molecular complexity index is 240. The molecule has 2 rings (SSSR count). The fourth-order valence-electron chi connectivity index (χ4n) is 3.85. The molecule has 18 heavy (non-hydrogen) atoms. The van der Waals surface area contributed by atoms with Crippen LogP contribution in [0.25, 0.3) is 0 Å². The van der Waals surface area contributed by atoms with Gasteiger partial charge in [0.05, 0.1) is 25.6 Å². The van der Waals surface area contributed by atoms with Crippen molar-refractivity contribution < 1.29 is 15.3 Å². The highest BCUT2D eigenvalue weighted by molar-refractivity contribution is 4.74. The smallest absolute Gasteiger partial charge is 0.125 e. The summed E-state index contributed by atoms with van der Waals surface area (Å²) in [7, 11) is 0. The Labute approximate surface area is 110 Å². The van der Waals surface area contributed by atoms with Gasteiger partial charge in [-0.1, -0.05) is 19.8 Å². The lowest BCUT2D eigenvalue weighted by molar-refractivity contribution is -1.07. The SMILES string of the molecule is CCC1CC[NH+](CC2CCCCC2[NH+]([O-])O)CC1. The second-order valence-corrected chi connectivity index (χ2v) is 6.30. The van der Waals surface area contributed by atoms with E-state index in [0.29, 0.717) is 5.92 Å². The molecule has 1 aliphatic heterocycles. The highest BCUT2D eigenvalue weighted by Crippen LogP contribution is 2.22. The predicted molar refractivity (Wildman–Crippen MR) is 70.4 cm³/mol. The molecule has 0 aromatic carbocycles. The Morgan fingerprint density at radius 1 is 1.17 bits per heavy atom. The summed E-state index contributed by atoms with van der Waals surface area (Å²) in [6, 6.07) is -0.0600. The molecule has 0 bridgehead atoms. The van der Waals surface area contributed by atoms with Crippen LogP contribution in [0.2, 0.25) is 0 Å². The van der Waals surface area contributed by atoms with Gasteiger partial charge in [0.15, 0.2) is 0 Å². The highest BCUT2D eigenvalue weighted by atomic mass is 16.8. The number of quaternary nitrogens is 2. The van der Waals surface area contributed by atoms with E-state index in [2.05, 4.69) is 6.92 Å². The summed E-state index contributed by atoms with van der Waals surface area (Å²) in [5, 5.41) is 20.1. The minimum absolute atomic E-state index is 0.0600. The molecule has 1 aliphatic carbocycles. The summed E-state index contributed by atoms with van der Waals surface area (Å²) in [5.41, 5.74) is 0. The van der Waals surface area contributed by atoms with Crippen molar-refractivity contribution in [1.29, 1.82) is 0 Å². The van der Waals surface area contributed by atoms with Gasteiger partial charge in [-0.3, -0.25) is 0 Å². The first-order chi connectivity index (χ1) is 8.70. The van der Waals surface area contributed by atoms with Crippen LogP contribution in [0.5, 0.6) is 0 Å². The molecule has 0 spiro atoms. The van der Waals surface area contributed by atoms with Gasteiger partial charge in [0.25, 0.3) is 0 Å². The molecule has 2 aliphatic rings. The lowest BCUT2D eigenvalue weighted by Crippen LogP contribution is -3.16. The molecule has 0 aromatic heterocycles. The molecule has 106 valence electrons. The number of piperidine rings is 1. The summed E-state index contributed by atoms with van der Waals surface area (Å²) in [5.74, 6) is 1.36. The summed E-state index contributed by atoms with van der Waals surface area (Å²) >= 11 is 0. The number of rotatable bonds is 4. The molecule has 4 heteroatoms. The van der Waals surface area contributed by atoms with Crippen molar-refractivity contribution in [2.24, 2.45) is 11.8 Å². The molecule has 0 aromatic rings. The summed E-state index contributed by atoms with van der Waals surface area (Å²) in [6.45, 7) is 5.92. The first-order valence-corrected chi connectivity index (χ1v) is 7.77. The van der Waals surface area contributed by atoms with Crippen LogP contribution in [0.3, 0.4) is 0 Å². The highest BCUT2D eigenvalue weighted by Gasteiger charge is 2.34. The average molecular weight is 257 g/mol. The van der Waals surface area contributed by atoms with Crippen molar-refractivity contribution in [2.75, 3.05) is 19.6 Å². The molecule has 4 nitrogen and oxygen atoms in total. The number of nitrogens with one attached hydrogen (secondary N) is 2. The Morgan fingerprint density at radius 2 is 1.83 bits per heavy atom. The van der Waals surface area contributed by atoms with E-state index < -0.39 is 5.23 Å². The van der Waals surface area contributed by atoms with Gasteiger partial charge in [-0.15, -0.1) is 0 Å². The van der Waals surface area contributed by atoms with Crippen molar-refractivity contribution in [1.82, 2.24) is 0 Å². The molecule has 1 saturated heterocycles. The third-order valence-corrected chi connectivity index (χ3v) is 5.17. The van der Waals surface area contributed by atoms with Crippen molar-refractivity contribution in [3.8, 4) is 0 Å². The third kappa shape index (κ3) is 3.67. The van der Waals surface area contributed by atoms with Crippen molar-refractivity contribution >= 4 is 0 Å². The van der Waals surface area contributed by atoms with E-state index in [9.17, 15) is 10.4 Å². The van der Waals surface area contributed by atoms with E-state index in [0.717, 1.165) is 31.7 Å². The predicted octanol–water partition coefficient (Wildman–Crippen LogP) is 0.0220. The largest absolute Gasteiger partial charge is 0.600 e. The van der Waals surface area contributed by atoms with Crippen LogP contribution >= 0.6 is 0 Å². The second-order valence-electron chi connectivity index (χ2n) is 6.30. The summed E-state index contributed by atoms with van der Waals surface area (Å²) in [4.78, 5) is 1.66. The van der Waals surface area contributed by atoms with E-state index in [1.807, 2.05) is 0 Å². The van der Waals surface area contributed by atoms with Gasteiger partial charge in [0, 0.05) is 6.42 Å². The lowest BCUT2D eigenvalue weighted by Gasteiger charge is -2.37. The van der Waals surface area contributed by atoms with Crippen LogP contribution in [-0.4, -0.2) is 30.9 Å². The molecular formula is C14H29N2O2+. The maximum atomic E-state index is 11.3. The van der Waals surface area contributed by atoms with Crippen molar-refractivity contribution in [3.63, 3.8) is 0 Å². The summed E-state index contributed by atoms with van der Waals surface area (Å²) in [6.07, 6.45) is 8.39. The zero-order valence-corrected chi connectivity index (χ0v) is 11.7. The Balaban J connectivity index is 1.80. The maximum Gasteiger partial charge on any atom is 0.125 e. The standard InChI is InChI=1S/C14H28N2O2/c1-2-12-7-9-15(10-8-12)11-13-5-3-4-6-14(13)16(17)18/h12-14,16-17H,2-11H2,1H3/p+1. The van der Waals surface area contributed by atoms with Crippen LogP contribution in [0, 0.1) is 17.0 Å². The quantitative estimate of drug-likeness (QED) is 0.622. The molecule has 0 amide bonds. The fraction of sp³-hybridized carbons (Fsp3) is 1.00. The van der Waals surface area contributed by atoms with Gasteiger partial charge in [0.1, 0.15) is 6.04 Å². The minimum Gasteiger partial charge on any atom is -0.600 e. The first kappa shape index (κ1) is 14.3. The molecule has 1 heterocycles. The first-order valence-electron chi connectivity index (χ1n) is 7.77. The number of hydrogen-bond donors (Lipinski definition) is 3. The molecule has 0 radical (unpaired) electrons. The Kier molecular flexibility index (Phi) is 5.42. The molecule has 3 atom stereocenters. The molecule has 3 N–H and O–H groups in total. The van der Waals surface area contributed by atoms with Gasteiger partial charge >= 0.3 is 0 Å². The molecule has 1 saturated carbocycles. The average Bonchev–Trinajstić information content (AvgIpc) is 2.40. The Hall–Kier alpha value is -0.160. The molecular weight excluding hydrogens is 228 g/mol. The number of hydroxylamine groups is 2. The third-order valence-electron chi connectivity index (χ3n) is 5.17. The zero-order valence-electron chi connectivity index (χ0n) is 11.7. The van der Waals surface area contributed by atoms with E-state index in [-0.39, 0.29) is 6.04 Å². The van der Waals surface area contributed by atoms with Gasteiger partial charge < -0.3 is 10.1 Å². The van der Waals surface area contributed by atoms with E-state index in [1.165, 1.54) is 38.8 Å². The zero-order chi connectivity index (χ0) is 13.0. The molecule has 2 fully saturated rings. The van der Waals surface area contributed by atoms with Gasteiger partial charge in [0.2, 0.25) is 0 Å². The maximum absolute atomic E-state index is 11.3.